The van der Waals surface area contributed by atoms with Gasteiger partial charge in [-0.05, 0) is 13.8 Å². The molecule has 3 N–H and O–H groups in total. The summed E-state index contributed by atoms with van der Waals surface area (Å²) in [5.41, 5.74) is -0.784. The van der Waals surface area contributed by atoms with Crippen LogP contribution in [-0.2, 0) is 19.2 Å². The van der Waals surface area contributed by atoms with Crippen molar-refractivity contribution in [3.63, 3.8) is 0 Å². The molecule has 9 nitrogen and oxygen atoms in total. The average molecular weight is 312 g/mol. The largest absolute Gasteiger partial charge is 0.391 e. The second kappa shape index (κ2) is 5.91. The third kappa shape index (κ3) is 3.53. The van der Waals surface area contributed by atoms with E-state index in [0.29, 0.717) is 0 Å². The standard InChI is InChI=1S/C13H20N4O5/c1-13(2)15-10(20)7-17(13)12(22)4-14-9(19)6-16-5-8(18)3-11(16)21/h8,18H,3-7H2,1-2H3,(H,14,19)(H,15,20). The number of hydrogen-bond acceptors (Lipinski definition) is 5. The highest BCUT2D eigenvalue weighted by Gasteiger charge is 2.39. The Morgan fingerprint density at radius 1 is 1.41 bits per heavy atom. The second-order valence-corrected chi connectivity index (χ2v) is 6.00. The van der Waals surface area contributed by atoms with Gasteiger partial charge in [-0.2, -0.15) is 0 Å². The van der Waals surface area contributed by atoms with Crippen molar-refractivity contribution >= 4 is 23.6 Å². The van der Waals surface area contributed by atoms with Gasteiger partial charge in [0.1, 0.15) is 12.2 Å². The van der Waals surface area contributed by atoms with E-state index in [2.05, 4.69) is 10.6 Å². The minimum absolute atomic E-state index is 0.0158. The fraction of sp³-hybridized carbons (Fsp3) is 0.692. The molecule has 2 aliphatic heterocycles. The Bertz CT molecular complexity index is 519. The third-order valence-electron chi connectivity index (χ3n) is 3.69. The topological polar surface area (TPSA) is 119 Å². The Balaban J connectivity index is 1.80. The van der Waals surface area contributed by atoms with E-state index in [-0.39, 0.29) is 50.3 Å². The number of nitrogens with zero attached hydrogens (tertiary/aromatic N) is 2. The van der Waals surface area contributed by atoms with E-state index in [0.717, 1.165) is 0 Å². The summed E-state index contributed by atoms with van der Waals surface area (Å²) >= 11 is 0. The number of amides is 4. The molecule has 0 saturated carbocycles. The van der Waals surface area contributed by atoms with Crippen molar-refractivity contribution in [2.24, 2.45) is 0 Å². The zero-order valence-corrected chi connectivity index (χ0v) is 12.6. The predicted octanol–water partition coefficient (Wildman–Crippen LogP) is -2.61. The van der Waals surface area contributed by atoms with Gasteiger partial charge in [0.05, 0.1) is 25.6 Å². The number of β-amino-alcohol motifs (C(OH)–C–C–N with tert-alkyl or cyclic N) is 1. The van der Waals surface area contributed by atoms with E-state index < -0.39 is 17.7 Å². The number of aliphatic hydroxyl groups excluding tert-OH is 1. The van der Waals surface area contributed by atoms with Gasteiger partial charge in [-0.25, -0.2) is 0 Å². The lowest BCUT2D eigenvalue weighted by molar-refractivity contribution is -0.137. The van der Waals surface area contributed by atoms with Gasteiger partial charge in [0.15, 0.2) is 0 Å². The molecular formula is C13H20N4O5. The highest BCUT2D eigenvalue weighted by Crippen LogP contribution is 2.16. The van der Waals surface area contributed by atoms with Crippen LogP contribution in [0.1, 0.15) is 20.3 Å². The predicted molar refractivity (Wildman–Crippen MR) is 74.1 cm³/mol. The molecule has 0 aromatic carbocycles. The molecule has 1 atom stereocenters. The Kier molecular flexibility index (Phi) is 4.36. The van der Waals surface area contributed by atoms with E-state index >= 15 is 0 Å². The van der Waals surface area contributed by atoms with Gasteiger partial charge in [0.2, 0.25) is 23.6 Å². The Hall–Kier alpha value is -2.16. The van der Waals surface area contributed by atoms with E-state index in [1.54, 1.807) is 13.8 Å². The van der Waals surface area contributed by atoms with Crippen LogP contribution in [0, 0.1) is 0 Å². The van der Waals surface area contributed by atoms with Crippen molar-refractivity contribution in [2.75, 3.05) is 26.2 Å². The molecule has 0 aliphatic carbocycles. The van der Waals surface area contributed by atoms with Gasteiger partial charge in [-0.1, -0.05) is 0 Å². The molecule has 2 aliphatic rings. The molecule has 2 rings (SSSR count). The van der Waals surface area contributed by atoms with Crippen LogP contribution < -0.4 is 10.6 Å². The summed E-state index contributed by atoms with van der Waals surface area (Å²) in [4.78, 5) is 49.2. The summed E-state index contributed by atoms with van der Waals surface area (Å²) in [6.45, 7) is 3.03. The molecule has 122 valence electrons. The lowest BCUT2D eigenvalue weighted by Gasteiger charge is -2.30. The first kappa shape index (κ1) is 16.2. The molecule has 0 spiro atoms. The molecule has 9 heteroatoms. The maximum atomic E-state index is 12.1. The Labute approximate surface area is 127 Å². The first-order chi connectivity index (χ1) is 10.2. The Morgan fingerprint density at radius 3 is 2.59 bits per heavy atom. The number of aliphatic hydroxyl groups is 1. The fourth-order valence-corrected chi connectivity index (χ4v) is 2.59. The molecule has 0 aromatic rings. The number of carbonyl (C=O) groups is 4. The van der Waals surface area contributed by atoms with Crippen molar-refractivity contribution in [1.29, 1.82) is 0 Å². The van der Waals surface area contributed by atoms with Gasteiger partial charge in [0.25, 0.3) is 0 Å². The lowest BCUT2D eigenvalue weighted by Crippen LogP contribution is -2.52. The smallest absolute Gasteiger partial charge is 0.244 e. The van der Waals surface area contributed by atoms with Crippen LogP contribution in [0.5, 0.6) is 0 Å². The summed E-state index contributed by atoms with van der Waals surface area (Å²) in [7, 11) is 0. The van der Waals surface area contributed by atoms with Gasteiger partial charge in [-0.3, -0.25) is 19.2 Å². The molecule has 0 radical (unpaired) electrons. The van der Waals surface area contributed by atoms with Crippen LogP contribution in [0.3, 0.4) is 0 Å². The van der Waals surface area contributed by atoms with E-state index in [4.69, 9.17) is 0 Å². The van der Waals surface area contributed by atoms with Gasteiger partial charge < -0.3 is 25.5 Å². The number of likely N-dealkylation sites (tertiary alicyclic amines) is 1. The summed E-state index contributed by atoms with van der Waals surface area (Å²) in [5.74, 6) is -1.40. The first-order valence-corrected chi connectivity index (χ1v) is 7.03. The van der Waals surface area contributed by atoms with E-state index in [1.807, 2.05) is 0 Å². The quantitative estimate of drug-likeness (QED) is 0.525. The number of carbonyl (C=O) groups excluding carboxylic acids is 4. The van der Waals surface area contributed by atoms with Crippen LogP contribution in [0.15, 0.2) is 0 Å². The van der Waals surface area contributed by atoms with Crippen LogP contribution in [0.4, 0.5) is 0 Å². The molecular weight excluding hydrogens is 292 g/mol. The number of hydrogen-bond donors (Lipinski definition) is 3. The summed E-state index contributed by atoms with van der Waals surface area (Å²) in [6, 6.07) is 0. The van der Waals surface area contributed by atoms with Gasteiger partial charge in [-0.15, -0.1) is 0 Å². The number of rotatable bonds is 4. The minimum atomic E-state index is -0.784. The third-order valence-corrected chi connectivity index (χ3v) is 3.69. The van der Waals surface area contributed by atoms with Crippen molar-refractivity contribution in [3.05, 3.63) is 0 Å². The minimum Gasteiger partial charge on any atom is -0.391 e. The normalized spacial score (nSPS) is 23.7. The lowest BCUT2D eigenvalue weighted by atomic mass is 10.2. The van der Waals surface area contributed by atoms with Crippen molar-refractivity contribution < 1.29 is 24.3 Å². The van der Waals surface area contributed by atoms with E-state index in [1.165, 1.54) is 9.80 Å². The van der Waals surface area contributed by atoms with Gasteiger partial charge >= 0.3 is 0 Å². The zero-order chi connectivity index (χ0) is 16.5. The van der Waals surface area contributed by atoms with E-state index in [9.17, 15) is 24.3 Å². The zero-order valence-electron chi connectivity index (χ0n) is 12.6. The molecule has 0 aromatic heterocycles. The van der Waals surface area contributed by atoms with Crippen LogP contribution >= 0.6 is 0 Å². The SMILES string of the molecule is CC1(C)NC(=O)CN1C(=O)CNC(=O)CN1CC(O)CC1=O. The van der Waals surface area contributed by atoms with Crippen molar-refractivity contribution in [1.82, 2.24) is 20.4 Å². The van der Waals surface area contributed by atoms with Crippen LogP contribution in [-0.4, -0.2) is 76.5 Å². The summed E-state index contributed by atoms with van der Waals surface area (Å²) < 4.78 is 0. The second-order valence-electron chi connectivity index (χ2n) is 6.00. The molecule has 2 heterocycles. The molecule has 1 unspecified atom stereocenters. The average Bonchev–Trinajstić information content (AvgIpc) is 2.84. The summed E-state index contributed by atoms with van der Waals surface area (Å²) in [5, 5.41) is 14.4. The maximum Gasteiger partial charge on any atom is 0.244 e. The number of nitrogens with one attached hydrogen (secondary N) is 2. The highest BCUT2D eigenvalue weighted by atomic mass is 16.3. The molecule has 0 bridgehead atoms. The van der Waals surface area contributed by atoms with Crippen LogP contribution in [0.2, 0.25) is 0 Å². The molecule has 22 heavy (non-hydrogen) atoms. The monoisotopic (exact) mass is 312 g/mol. The van der Waals surface area contributed by atoms with Crippen LogP contribution in [0.25, 0.3) is 0 Å². The molecule has 2 fully saturated rings. The van der Waals surface area contributed by atoms with Crippen molar-refractivity contribution in [2.45, 2.75) is 32.0 Å². The summed E-state index contributed by atoms with van der Waals surface area (Å²) in [6.07, 6.45) is -0.730. The van der Waals surface area contributed by atoms with Gasteiger partial charge in [0, 0.05) is 6.54 Å². The highest BCUT2D eigenvalue weighted by molar-refractivity contribution is 5.92. The maximum absolute atomic E-state index is 12.1. The molecule has 4 amide bonds. The molecule has 2 saturated heterocycles. The Morgan fingerprint density at radius 2 is 2.09 bits per heavy atom. The first-order valence-electron chi connectivity index (χ1n) is 7.03. The fourth-order valence-electron chi connectivity index (χ4n) is 2.59. The van der Waals surface area contributed by atoms with Crippen molar-refractivity contribution in [3.8, 4) is 0 Å².